The van der Waals surface area contributed by atoms with Gasteiger partial charge in [-0.2, -0.15) is 11.8 Å². The van der Waals surface area contributed by atoms with E-state index >= 15 is 0 Å². The number of hydrogen-bond acceptors (Lipinski definition) is 5. The van der Waals surface area contributed by atoms with Gasteiger partial charge >= 0.3 is 0 Å². The van der Waals surface area contributed by atoms with Gasteiger partial charge in [-0.3, -0.25) is 4.79 Å². The molecule has 1 saturated carbocycles. The maximum atomic E-state index is 12.7. The fraction of sp³-hybridized carbons (Fsp3) is 0.632. The molecule has 2 aliphatic rings. The first kappa shape index (κ1) is 22.5. The van der Waals surface area contributed by atoms with Crippen LogP contribution in [0, 0.1) is 0 Å². The van der Waals surface area contributed by atoms with Crippen molar-refractivity contribution in [2.75, 3.05) is 23.4 Å². The number of sulfone groups is 1. The van der Waals surface area contributed by atoms with E-state index in [0.717, 1.165) is 55.7 Å². The van der Waals surface area contributed by atoms with E-state index in [9.17, 15) is 13.2 Å². The Bertz CT molecular complexity index is 715. The average Bonchev–Trinajstić information content (AvgIpc) is 2.63. The van der Waals surface area contributed by atoms with E-state index in [1.165, 1.54) is 0 Å². The van der Waals surface area contributed by atoms with E-state index in [1.807, 2.05) is 30.0 Å². The van der Waals surface area contributed by atoms with Crippen LogP contribution in [0.25, 0.3) is 0 Å². The topological polar surface area (TPSA) is 75.3 Å². The summed E-state index contributed by atoms with van der Waals surface area (Å²) in [4.78, 5) is 12.2. The molecule has 1 aliphatic carbocycles. The first-order valence-electron chi connectivity index (χ1n) is 9.44. The van der Waals surface area contributed by atoms with Gasteiger partial charge in [0.1, 0.15) is 0 Å². The average molecular weight is 433 g/mol. The third kappa shape index (κ3) is 6.97. The van der Waals surface area contributed by atoms with E-state index in [4.69, 9.17) is 0 Å². The van der Waals surface area contributed by atoms with Gasteiger partial charge in [0.15, 0.2) is 9.84 Å². The van der Waals surface area contributed by atoms with Crippen LogP contribution in [0.4, 0.5) is 5.69 Å². The maximum Gasteiger partial charge on any atom is 0.225 e. The van der Waals surface area contributed by atoms with Crippen LogP contribution in [0.5, 0.6) is 0 Å². The summed E-state index contributed by atoms with van der Waals surface area (Å²) in [5.41, 5.74) is 1.43. The van der Waals surface area contributed by atoms with Crippen LogP contribution in [0.15, 0.2) is 24.3 Å². The molecule has 0 bridgehead atoms. The summed E-state index contributed by atoms with van der Waals surface area (Å²) in [6, 6.07) is 7.47. The Labute approximate surface area is 172 Å². The number of rotatable bonds is 6. The second-order valence-electron chi connectivity index (χ2n) is 7.25. The molecule has 1 saturated heterocycles. The number of thioether (sulfide) groups is 1. The smallest absolute Gasteiger partial charge is 0.225 e. The zero-order valence-electron chi connectivity index (χ0n) is 15.5. The quantitative estimate of drug-likeness (QED) is 0.720. The number of nitrogens with one attached hydrogen (secondary N) is 2. The molecule has 3 rings (SSSR count). The summed E-state index contributed by atoms with van der Waals surface area (Å²) < 4.78 is 25.3. The van der Waals surface area contributed by atoms with Crippen molar-refractivity contribution >= 4 is 45.6 Å². The highest BCUT2D eigenvalue weighted by molar-refractivity contribution is 7.99. The van der Waals surface area contributed by atoms with Gasteiger partial charge in [0.05, 0.1) is 11.0 Å². The molecule has 8 heteroatoms. The van der Waals surface area contributed by atoms with Gasteiger partial charge in [0.25, 0.3) is 0 Å². The van der Waals surface area contributed by atoms with Crippen LogP contribution < -0.4 is 10.6 Å². The third-order valence-corrected chi connectivity index (χ3v) is 8.42. The minimum absolute atomic E-state index is 0. The highest BCUT2D eigenvalue weighted by Gasteiger charge is 2.27. The molecule has 1 heterocycles. The monoisotopic (exact) mass is 432 g/mol. The van der Waals surface area contributed by atoms with E-state index in [2.05, 4.69) is 10.6 Å². The largest absolute Gasteiger partial charge is 0.326 e. The second-order valence-corrected chi connectivity index (χ2v) is 10.7. The summed E-state index contributed by atoms with van der Waals surface area (Å²) in [6.07, 6.45) is 5.16. The number of hydrogen-bond donors (Lipinski definition) is 2. The molecule has 1 aromatic carbocycles. The maximum absolute atomic E-state index is 12.7. The van der Waals surface area contributed by atoms with Crippen LogP contribution in [-0.2, 0) is 20.4 Å². The molecular formula is C19H29ClN2O3S2. The Morgan fingerprint density at radius 1 is 1.22 bits per heavy atom. The summed E-state index contributed by atoms with van der Waals surface area (Å²) in [5, 5.41) is 6.06. The molecule has 1 aromatic rings. The molecule has 2 N–H and O–H groups in total. The van der Waals surface area contributed by atoms with E-state index in [1.54, 1.807) is 6.07 Å². The fourth-order valence-corrected chi connectivity index (χ4v) is 6.58. The molecule has 27 heavy (non-hydrogen) atoms. The summed E-state index contributed by atoms with van der Waals surface area (Å²) >= 11 is 1.86. The molecule has 1 aliphatic heterocycles. The minimum atomic E-state index is -3.13. The van der Waals surface area contributed by atoms with Gasteiger partial charge in [-0.05, 0) is 30.5 Å². The van der Waals surface area contributed by atoms with Crippen LogP contribution in [0.1, 0.15) is 44.1 Å². The minimum Gasteiger partial charge on any atom is -0.326 e. The molecule has 1 amide bonds. The number of carbonyl (C=O) groups excluding carboxylic acids is 1. The Morgan fingerprint density at radius 3 is 2.70 bits per heavy atom. The first-order chi connectivity index (χ1) is 12.5. The molecule has 5 nitrogen and oxygen atoms in total. The van der Waals surface area contributed by atoms with Gasteiger partial charge in [-0.1, -0.05) is 31.4 Å². The van der Waals surface area contributed by atoms with Crippen LogP contribution >= 0.6 is 24.2 Å². The summed E-state index contributed by atoms with van der Waals surface area (Å²) in [5.74, 6) is 2.07. The molecular weight excluding hydrogens is 404 g/mol. The molecule has 0 spiro atoms. The molecule has 1 atom stereocenters. The lowest BCUT2D eigenvalue weighted by Crippen LogP contribution is -2.39. The zero-order chi connectivity index (χ0) is 18.4. The zero-order valence-corrected chi connectivity index (χ0v) is 17.9. The van der Waals surface area contributed by atoms with Crippen molar-refractivity contribution in [2.45, 2.75) is 55.6 Å². The van der Waals surface area contributed by atoms with Crippen LogP contribution in [0.3, 0.4) is 0 Å². The van der Waals surface area contributed by atoms with E-state index < -0.39 is 9.84 Å². The predicted molar refractivity (Wildman–Crippen MR) is 116 cm³/mol. The van der Waals surface area contributed by atoms with Gasteiger partial charge in [-0.15, -0.1) is 12.4 Å². The highest BCUT2D eigenvalue weighted by Crippen LogP contribution is 2.26. The van der Waals surface area contributed by atoms with E-state index in [0.29, 0.717) is 12.1 Å². The number of anilines is 1. The number of benzene rings is 1. The number of carbonyl (C=O) groups is 1. The van der Waals surface area contributed by atoms with E-state index in [-0.39, 0.29) is 35.4 Å². The van der Waals surface area contributed by atoms with Crippen molar-refractivity contribution in [1.29, 1.82) is 0 Å². The van der Waals surface area contributed by atoms with Crippen molar-refractivity contribution in [2.24, 2.45) is 0 Å². The van der Waals surface area contributed by atoms with Crippen molar-refractivity contribution in [1.82, 2.24) is 5.32 Å². The van der Waals surface area contributed by atoms with Crippen LogP contribution in [-0.4, -0.2) is 43.7 Å². The fourth-order valence-electron chi connectivity index (χ4n) is 3.70. The Hall–Kier alpha value is -0.760. The standard InChI is InChI=1S/C19H28N2O3S2.ClH/c22-19(12-17-13-25-10-9-20-17)21-16-6-4-5-15(11-16)14-26(23,24)18-7-2-1-3-8-18;/h4-6,11,17-18,20H,1-3,7-10,12-14H2,(H,21,22);1H. The number of halogens is 1. The van der Waals surface area contributed by atoms with Gasteiger partial charge in [-0.25, -0.2) is 8.42 Å². The lowest BCUT2D eigenvalue weighted by atomic mass is 10.0. The Kier molecular flexibility index (Phi) is 8.92. The molecule has 2 fully saturated rings. The van der Waals surface area contributed by atoms with Crippen molar-refractivity contribution in [3.63, 3.8) is 0 Å². The molecule has 152 valence electrons. The predicted octanol–water partition coefficient (Wildman–Crippen LogP) is 3.39. The summed E-state index contributed by atoms with van der Waals surface area (Å²) in [6.45, 7) is 0.942. The Balaban J connectivity index is 0.00000261. The highest BCUT2D eigenvalue weighted by atomic mass is 35.5. The normalized spacial score (nSPS) is 21.3. The van der Waals surface area contributed by atoms with Crippen molar-refractivity contribution < 1.29 is 13.2 Å². The van der Waals surface area contributed by atoms with Gasteiger partial charge < -0.3 is 10.6 Å². The number of amides is 1. The van der Waals surface area contributed by atoms with Gasteiger partial charge in [0.2, 0.25) is 5.91 Å². The SMILES string of the molecule is Cl.O=C(CC1CSCCN1)Nc1cccc(CS(=O)(=O)C2CCCCC2)c1. The van der Waals surface area contributed by atoms with Crippen molar-refractivity contribution in [3.8, 4) is 0 Å². The first-order valence-corrected chi connectivity index (χ1v) is 12.3. The van der Waals surface area contributed by atoms with Gasteiger partial charge in [0, 0.05) is 36.2 Å². The molecule has 1 unspecified atom stereocenters. The lowest BCUT2D eigenvalue weighted by molar-refractivity contribution is -0.116. The molecule has 0 aromatic heterocycles. The summed E-state index contributed by atoms with van der Waals surface area (Å²) in [7, 11) is -3.13. The van der Waals surface area contributed by atoms with Crippen molar-refractivity contribution in [3.05, 3.63) is 29.8 Å². The third-order valence-electron chi connectivity index (χ3n) is 5.07. The van der Waals surface area contributed by atoms with Crippen LogP contribution in [0.2, 0.25) is 0 Å². The second kappa shape index (κ2) is 10.7. The molecule has 0 radical (unpaired) electrons. The lowest BCUT2D eigenvalue weighted by Gasteiger charge is -2.22. The Morgan fingerprint density at radius 2 is 2.00 bits per heavy atom.